The van der Waals surface area contributed by atoms with Crippen molar-refractivity contribution >= 4 is 17.5 Å². The summed E-state index contributed by atoms with van der Waals surface area (Å²) in [6.07, 6.45) is 2.54. The van der Waals surface area contributed by atoms with E-state index in [1.807, 2.05) is 30.3 Å². The largest absolute Gasteiger partial charge is 0.467 e. The number of ether oxygens (including phenoxy) is 2. The molecule has 0 saturated carbocycles. The third-order valence-electron chi connectivity index (χ3n) is 5.72. The number of carbonyl (C=O) groups excluding carboxylic acids is 2. The predicted octanol–water partition coefficient (Wildman–Crippen LogP) is 2.54. The molecule has 2 aromatic carbocycles. The highest BCUT2D eigenvalue weighted by Crippen LogP contribution is 2.35. The molecular formula is C24H23N3O5. The van der Waals surface area contributed by atoms with E-state index in [1.54, 1.807) is 18.4 Å². The molecule has 0 bridgehead atoms. The maximum absolute atomic E-state index is 12.5. The van der Waals surface area contributed by atoms with E-state index >= 15 is 0 Å². The Morgan fingerprint density at radius 1 is 0.969 bits per heavy atom. The Kier molecular flexibility index (Phi) is 5.41. The van der Waals surface area contributed by atoms with Gasteiger partial charge in [0.25, 0.3) is 0 Å². The lowest BCUT2D eigenvalue weighted by molar-refractivity contribution is -0.139. The van der Waals surface area contributed by atoms with Gasteiger partial charge in [0, 0.05) is 25.3 Å². The third kappa shape index (κ3) is 3.99. The average molecular weight is 433 g/mol. The molecular weight excluding hydrogens is 410 g/mol. The molecule has 8 nitrogen and oxygen atoms in total. The van der Waals surface area contributed by atoms with Gasteiger partial charge in [0.1, 0.15) is 11.8 Å². The number of nitrogens with one attached hydrogen (secondary N) is 2. The first-order valence-corrected chi connectivity index (χ1v) is 10.5. The van der Waals surface area contributed by atoms with Crippen LogP contribution in [0.15, 0.2) is 65.3 Å². The number of hydrogen-bond acceptors (Lipinski definition) is 6. The van der Waals surface area contributed by atoms with Gasteiger partial charge in [0.2, 0.25) is 6.79 Å². The summed E-state index contributed by atoms with van der Waals surface area (Å²) in [6, 6.07) is 17.1. The normalized spacial score (nSPS) is 14.7. The number of furan rings is 1. The number of nitrogens with zero attached hydrogens (tertiary/aromatic N) is 1. The topological polar surface area (TPSA) is 93.0 Å². The van der Waals surface area contributed by atoms with Crippen LogP contribution in [-0.4, -0.2) is 31.7 Å². The molecule has 3 heterocycles. The lowest BCUT2D eigenvalue weighted by Crippen LogP contribution is -2.43. The van der Waals surface area contributed by atoms with Crippen LogP contribution in [0.2, 0.25) is 0 Å². The Morgan fingerprint density at radius 3 is 2.69 bits per heavy atom. The summed E-state index contributed by atoms with van der Waals surface area (Å²) in [5.41, 5.74) is 3.20. The van der Waals surface area contributed by atoms with Crippen LogP contribution in [0.1, 0.15) is 22.9 Å². The van der Waals surface area contributed by atoms with Crippen molar-refractivity contribution in [1.29, 1.82) is 0 Å². The molecule has 2 aliphatic heterocycles. The van der Waals surface area contributed by atoms with Crippen molar-refractivity contribution in [2.45, 2.75) is 19.0 Å². The van der Waals surface area contributed by atoms with Crippen LogP contribution in [0.3, 0.4) is 0 Å². The lowest BCUT2D eigenvalue weighted by Gasteiger charge is -2.29. The maximum Gasteiger partial charge on any atom is 0.309 e. The van der Waals surface area contributed by atoms with E-state index in [0.29, 0.717) is 11.5 Å². The van der Waals surface area contributed by atoms with Crippen molar-refractivity contribution in [3.05, 3.63) is 77.7 Å². The van der Waals surface area contributed by atoms with E-state index < -0.39 is 11.8 Å². The fourth-order valence-electron chi connectivity index (χ4n) is 4.12. The summed E-state index contributed by atoms with van der Waals surface area (Å²) < 4.78 is 16.3. The van der Waals surface area contributed by atoms with Gasteiger partial charge in [-0.15, -0.1) is 0 Å². The van der Waals surface area contributed by atoms with Crippen LogP contribution in [0, 0.1) is 0 Å². The molecule has 2 N–H and O–H groups in total. The molecule has 0 spiro atoms. The monoisotopic (exact) mass is 433 g/mol. The number of para-hydroxylation sites is 1. The minimum absolute atomic E-state index is 0.186. The summed E-state index contributed by atoms with van der Waals surface area (Å²) >= 11 is 0. The van der Waals surface area contributed by atoms with E-state index in [4.69, 9.17) is 13.9 Å². The van der Waals surface area contributed by atoms with Gasteiger partial charge in [-0.3, -0.25) is 9.59 Å². The van der Waals surface area contributed by atoms with Crippen molar-refractivity contribution in [3.63, 3.8) is 0 Å². The molecule has 8 heteroatoms. The summed E-state index contributed by atoms with van der Waals surface area (Å²) in [4.78, 5) is 27.0. The molecule has 3 aromatic rings. The first-order chi connectivity index (χ1) is 15.7. The van der Waals surface area contributed by atoms with E-state index in [-0.39, 0.29) is 25.9 Å². The summed E-state index contributed by atoms with van der Waals surface area (Å²) in [5.74, 6) is 0.666. The van der Waals surface area contributed by atoms with Crippen LogP contribution >= 0.6 is 0 Å². The van der Waals surface area contributed by atoms with Gasteiger partial charge in [-0.25, -0.2) is 0 Å². The Hall–Kier alpha value is -3.94. The van der Waals surface area contributed by atoms with Crippen molar-refractivity contribution in [1.82, 2.24) is 10.6 Å². The van der Waals surface area contributed by atoms with E-state index in [0.717, 1.165) is 30.0 Å². The second-order valence-electron chi connectivity index (χ2n) is 7.68. The van der Waals surface area contributed by atoms with Gasteiger partial charge in [-0.2, -0.15) is 0 Å². The van der Waals surface area contributed by atoms with Crippen molar-refractivity contribution in [2.75, 3.05) is 24.8 Å². The molecule has 2 amide bonds. The maximum atomic E-state index is 12.5. The highest BCUT2D eigenvalue weighted by Gasteiger charge is 2.29. The number of carbonyl (C=O) groups is 2. The Balaban J connectivity index is 1.21. The van der Waals surface area contributed by atoms with Crippen molar-refractivity contribution in [3.8, 4) is 11.5 Å². The Labute approximate surface area is 185 Å². The average Bonchev–Trinajstić information content (AvgIpc) is 3.58. The number of amides is 2. The molecule has 1 atom stereocenters. The molecule has 0 saturated heterocycles. The molecule has 5 rings (SSSR count). The number of benzene rings is 2. The molecule has 1 aromatic heterocycles. The van der Waals surface area contributed by atoms with Crippen molar-refractivity contribution < 1.29 is 23.5 Å². The zero-order chi connectivity index (χ0) is 21.9. The van der Waals surface area contributed by atoms with Gasteiger partial charge in [-0.1, -0.05) is 24.3 Å². The highest BCUT2D eigenvalue weighted by atomic mass is 16.7. The highest BCUT2D eigenvalue weighted by molar-refractivity contribution is 6.35. The Bertz CT molecular complexity index is 1130. The quantitative estimate of drug-likeness (QED) is 0.581. The number of hydrogen-bond donors (Lipinski definition) is 2. The van der Waals surface area contributed by atoms with Gasteiger partial charge < -0.3 is 29.4 Å². The second kappa shape index (κ2) is 8.66. The summed E-state index contributed by atoms with van der Waals surface area (Å²) in [7, 11) is 0. The number of rotatable bonds is 6. The summed E-state index contributed by atoms with van der Waals surface area (Å²) in [6.45, 7) is 1.46. The van der Waals surface area contributed by atoms with E-state index in [9.17, 15) is 9.59 Å². The molecule has 164 valence electrons. The molecule has 2 aliphatic rings. The molecule has 0 fully saturated rings. The SMILES string of the molecule is O=C(NCc1ccc2c(c1)OCO2)C(=O)NC[C@@H](c1ccco1)N1CCc2ccccc21. The smallest absolute Gasteiger partial charge is 0.309 e. The predicted molar refractivity (Wildman–Crippen MR) is 116 cm³/mol. The summed E-state index contributed by atoms with van der Waals surface area (Å²) in [5, 5.41) is 5.41. The third-order valence-corrected chi connectivity index (χ3v) is 5.72. The van der Waals surface area contributed by atoms with Crippen LogP contribution in [0.5, 0.6) is 11.5 Å². The van der Waals surface area contributed by atoms with Gasteiger partial charge >= 0.3 is 11.8 Å². The fraction of sp³-hybridized carbons (Fsp3) is 0.250. The minimum Gasteiger partial charge on any atom is -0.467 e. The molecule has 0 aliphatic carbocycles. The molecule has 0 unspecified atom stereocenters. The van der Waals surface area contributed by atoms with Crippen LogP contribution in [-0.2, 0) is 22.6 Å². The van der Waals surface area contributed by atoms with Gasteiger partial charge in [0.15, 0.2) is 11.5 Å². The van der Waals surface area contributed by atoms with E-state index in [2.05, 4.69) is 27.7 Å². The minimum atomic E-state index is -0.692. The molecule has 0 radical (unpaired) electrons. The molecule has 32 heavy (non-hydrogen) atoms. The van der Waals surface area contributed by atoms with Gasteiger partial charge in [-0.05, 0) is 47.9 Å². The first-order valence-electron chi connectivity index (χ1n) is 10.5. The zero-order valence-electron chi connectivity index (χ0n) is 17.4. The van der Waals surface area contributed by atoms with Crippen LogP contribution < -0.4 is 25.0 Å². The second-order valence-corrected chi connectivity index (χ2v) is 7.68. The first kappa shape index (κ1) is 20.0. The van der Waals surface area contributed by atoms with Crippen LogP contribution in [0.4, 0.5) is 5.69 Å². The Morgan fingerprint density at radius 2 is 1.81 bits per heavy atom. The zero-order valence-corrected chi connectivity index (χ0v) is 17.4. The fourth-order valence-corrected chi connectivity index (χ4v) is 4.12. The standard InChI is InChI=1S/C24H23N3O5/c28-23(25-13-16-7-8-21-22(12-16)32-15-31-21)24(29)26-14-19(20-6-3-11-30-20)27-10-9-17-4-1-2-5-18(17)27/h1-8,11-12,19H,9-10,13-15H2,(H,25,28)(H,26,29)/t19-/m0/s1. The van der Waals surface area contributed by atoms with E-state index in [1.165, 1.54) is 5.56 Å². The lowest BCUT2D eigenvalue weighted by atomic mass is 10.1. The number of fused-ring (bicyclic) bond motifs is 2. The number of anilines is 1. The van der Waals surface area contributed by atoms with Gasteiger partial charge in [0.05, 0.1) is 6.26 Å². The van der Waals surface area contributed by atoms with Crippen LogP contribution in [0.25, 0.3) is 0 Å². The van der Waals surface area contributed by atoms with Crippen molar-refractivity contribution in [2.24, 2.45) is 0 Å².